The molecule has 0 radical (unpaired) electrons. The van der Waals surface area contributed by atoms with Gasteiger partial charge in [0.1, 0.15) is 18.0 Å². The van der Waals surface area contributed by atoms with Crippen LogP contribution < -0.4 is 10.6 Å². The summed E-state index contributed by atoms with van der Waals surface area (Å²) in [5.41, 5.74) is 1.10. The Hall–Kier alpha value is -1.36. The highest BCUT2D eigenvalue weighted by atomic mass is 16.3. The molecule has 0 aromatic carbocycles. The van der Waals surface area contributed by atoms with Crippen molar-refractivity contribution >= 4 is 11.6 Å². The molecule has 1 aromatic heterocycles. The lowest BCUT2D eigenvalue weighted by molar-refractivity contribution is 0.188. The number of hydrogen-bond donors (Lipinski definition) is 3. The van der Waals surface area contributed by atoms with Crippen molar-refractivity contribution in [3.63, 3.8) is 0 Å². The molecular weight excluding hydrogens is 228 g/mol. The second kappa shape index (κ2) is 7.16. The normalized spacial score (nSPS) is 12.6. The Morgan fingerprint density at radius 1 is 1.17 bits per heavy atom. The fraction of sp³-hybridized carbons (Fsp3) is 0.692. The molecule has 1 unspecified atom stereocenters. The number of rotatable bonds is 7. The van der Waals surface area contributed by atoms with E-state index in [0.29, 0.717) is 18.9 Å². The number of nitrogens with one attached hydrogen (secondary N) is 2. The number of aliphatic hydroxyl groups is 1. The Bertz CT molecular complexity index is 366. The van der Waals surface area contributed by atoms with E-state index in [2.05, 4.69) is 34.4 Å². The number of aromatic nitrogens is 2. The van der Waals surface area contributed by atoms with Gasteiger partial charge in [0.25, 0.3) is 0 Å². The molecule has 5 heteroatoms. The summed E-state index contributed by atoms with van der Waals surface area (Å²) in [6.07, 6.45) is 1.97. The van der Waals surface area contributed by atoms with E-state index in [1.165, 1.54) is 0 Å². The molecule has 18 heavy (non-hydrogen) atoms. The Morgan fingerprint density at radius 3 is 2.28 bits per heavy atom. The minimum atomic E-state index is -0.296. The summed E-state index contributed by atoms with van der Waals surface area (Å²) in [5.74, 6) is 2.09. The molecule has 0 aliphatic carbocycles. The predicted octanol–water partition coefficient (Wildman–Crippen LogP) is 2.21. The van der Waals surface area contributed by atoms with Crippen LogP contribution in [0.1, 0.15) is 45.6 Å². The lowest BCUT2D eigenvalue weighted by Crippen LogP contribution is -2.14. The third-order valence-corrected chi connectivity index (χ3v) is 2.66. The quantitative estimate of drug-likeness (QED) is 0.694. The van der Waals surface area contributed by atoms with Crippen LogP contribution in [0.4, 0.5) is 11.6 Å². The van der Waals surface area contributed by atoms with Crippen LogP contribution in [0.25, 0.3) is 0 Å². The molecule has 0 spiro atoms. The zero-order valence-corrected chi connectivity index (χ0v) is 11.7. The molecule has 1 aromatic rings. The smallest absolute Gasteiger partial charge is 0.134 e. The first-order chi connectivity index (χ1) is 8.56. The molecular formula is C13H24N4O. The van der Waals surface area contributed by atoms with Crippen molar-refractivity contribution in [2.75, 3.05) is 23.7 Å². The van der Waals surface area contributed by atoms with Gasteiger partial charge >= 0.3 is 0 Å². The summed E-state index contributed by atoms with van der Waals surface area (Å²) >= 11 is 0. The van der Waals surface area contributed by atoms with E-state index in [9.17, 15) is 5.11 Å². The molecule has 0 amide bonds. The summed E-state index contributed by atoms with van der Waals surface area (Å²) in [4.78, 5) is 8.58. The molecule has 5 nitrogen and oxygen atoms in total. The second-order valence-electron chi connectivity index (χ2n) is 4.73. The molecule has 1 atom stereocenters. The maximum Gasteiger partial charge on any atom is 0.134 e. The van der Waals surface area contributed by atoms with E-state index in [4.69, 9.17) is 0 Å². The number of hydrogen-bond acceptors (Lipinski definition) is 5. The molecule has 0 aliphatic heterocycles. The van der Waals surface area contributed by atoms with Crippen LogP contribution >= 0.6 is 0 Å². The SMILES string of the molecule is CCNc1ncnc(NCCC(C)O)c1C(C)C. The third kappa shape index (κ3) is 4.14. The van der Waals surface area contributed by atoms with Gasteiger partial charge in [0.15, 0.2) is 0 Å². The highest BCUT2D eigenvalue weighted by Crippen LogP contribution is 2.28. The van der Waals surface area contributed by atoms with Crippen molar-refractivity contribution in [2.24, 2.45) is 0 Å². The Kier molecular flexibility index (Phi) is 5.85. The van der Waals surface area contributed by atoms with Crippen molar-refractivity contribution in [3.05, 3.63) is 11.9 Å². The first kappa shape index (κ1) is 14.7. The van der Waals surface area contributed by atoms with Gasteiger partial charge in [0, 0.05) is 18.7 Å². The Balaban J connectivity index is 2.85. The molecule has 1 heterocycles. The molecule has 102 valence electrons. The van der Waals surface area contributed by atoms with Gasteiger partial charge in [-0.3, -0.25) is 0 Å². The fourth-order valence-corrected chi connectivity index (χ4v) is 1.79. The van der Waals surface area contributed by atoms with E-state index < -0.39 is 0 Å². The second-order valence-corrected chi connectivity index (χ2v) is 4.73. The summed E-state index contributed by atoms with van der Waals surface area (Å²) in [5, 5.41) is 15.8. The molecule has 0 saturated heterocycles. The number of anilines is 2. The molecule has 0 aliphatic rings. The van der Waals surface area contributed by atoms with Gasteiger partial charge in [-0.1, -0.05) is 13.8 Å². The zero-order valence-electron chi connectivity index (χ0n) is 11.7. The van der Waals surface area contributed by atoms with E-state index in [1.54, 1.807) is 13.3 Å². The van der Waals surface area contributed by atoms with E-state index >= 15 is 0 Å². The van der Waals surface area contributed by atoms with Crippen LogP contribution in [0.5, 0.6) is 0 Å². The number of nitrogens with zero attached hydrogens (tertiary/aromatic N) is 2. The largest absolute Gasteiger partial charge is 0.393 e. The van der Waals surface area contributed by atoms with Crippen molar-refractivity contribution in [3.8, 4) is 0 Å². The van der Waals surface area contributed by atoms with Gasteiger partial charge in [-0.25, -0.2) is 9.97 Å². The lowest BCUT2D eigenvalue weighted by atomic mass is 10.0. The van der Waals surface area contributed by atoms with Gasteiger partial charge in [0.05, 0.1) is 6.10 Å². The van der Waals surface area contributed by atoms with E-state index in [1.807, 2.05) is 6.92 Å². The summed E-state index contributed by atoms with van der Waals surface area (Å²) in [6.45, 7) is 9.63. The van der Waals surface area contributed by atoms with Gasteiger partial charge in [-0.05, 0) is 26.2 Å². The van der Waals surface area contributed by atoms with Crippen LogP contribution in [-0.4, -0.2) is 34.3 Å². The van der Waals surface area contributed by atoms with Gasteiger partial charge < -0.3 is 15.7 Å². The molecule has 0 fully saturated rings. The van der Waals surface area contributed by atoms with Crippen molar-refractivity contribution in [1.29, 1.82) is 0 Å². The maximum atomic E-state index is 9.26. The highest BCUT2D eigenvalue weighted by Gasteiger charge is 2.14. The lowest BCUT2D eigenvalue weighted by Gasteiger charge is -2.17. The van der Waals surface area contributed by atoms with E-state index in [0.717, 1.165) is 23.7 Å². The van der Waals surface area contributed by atoms with Crippen molar-refractivity contribution in [2.45, 2.75) is 46.1 Å². The average molecular weight is 252 g/mol. The maximum absolute atomic E-state index is 9.26. The predicted molar refractivity (Wildman–Crippen MR) is 75.1 cm³/mol. The van der Waals surface area contributed by atoms with Crippen LogP contribution in [0.2, 0.25) is 0 Å². The minimum Gasteiger partial charge on any atom is -0.393 e. The van der Waals surface area contributed by atoms with E-state index in [-0.39, 0.29) is 6.10 Å². The Labute approximate surface area is 109 Å². The monoisotopic (exact) mass is 252 g/mol. The minimum absolute atomic E-state index is 0.296. The summed E-state index contributed by atoms with van der Waals surface area (Å²) < 4.78 is 0. The molecule has 0 saturated carbocycles. The van der Waals surface area contributed by atoms with Crippen LogP contribution in [0, 0.1) is 0 Å². The molecule has 1 rings (SSSR count). The van der Waals surface area contributed by atoms with Gasteiger partial charge in [-0.2, -0.15) is 0 Å². The first-order valence-electron chi connectivity index (χ1n) is 6.56. The third-order valence-electron chi connectivity index (χ3n) is 2.66. The first-order valence-corrected chi connectivity index (χ1v) is 6.56. The fourth-order valence-electron chi connectivity index (χ4n) is 1.79. The Morgan fingerprint density at radius 2 is 1.78 bits per heavy atom. The molecule has 0 bridgehead atoms. The van der Waals surface area contributed by atoms with Gasteiger partial charge in [0.2, 0.25) is 0 Å². The standard InChI is InChI=1S/C13H24N4O/c1-5-14-12-11(9(2)3)13(17-8-16-12)15-7-6-10(4)18/h8-10,18H,5-7H2,1-4H3,(H2,14,15,16,17). The van der Waals surface area contributed by atoms with Crippen LogP contribution in [0.15, 0.2) is 6.33 Å². The highest BCUT2D eigenvalue weighted by molar-refractivity contribution is 5.58. The summed E-state index contributed by atoms with van der Waals surface area (Å²) in [6, 6.07) is 0. The number of aliphatic hydroxyl groups excluding tert-OH is 1. The van der Waals surface area contributed by atoms with Crippen molar-refractivity contribution in [1.82, 2.24) is 9.97 Å². The molecule has 3 N–H and O–H groups in total. The zero-order chi connectivity index (χ0) is 13.5. The average Bonchev–Trinajstić information content (AvgIpc) is 2.28. The van der Waals surface area contributed by atoms with Gasteiger partial charge in [-0.15, -0.1) is 0 Å². The van der Waals surface area contributed by atoms with Crippen LogP contribution in [0.3, 0.4) is 0 Å². The summed E-state index contributed by atoms with van der Waals surface area (Å²) in [7, 11) is 0. The van der Waals surface area contributed by atoms with Crippen molar-refractivity contribution < 1.29 is 5.11 Å². The van der Waals surface area contributed by atoms with Crippen LogP contribution in [-0.2, 0) is 0 Å². The topological polar surface area (TPSA) is 70.1 Å².